The highest BCUT2D eigenvalue weighted by atomic mass is 127. The van der Waals surface area contributed by atoms with Crippen molar-refractivity contribution in [2.75, 3.05) is 5.73 Å². The molecule has 0 bridgehead atoms. The first-order chi connectivity index (χ1) is 6.45. The van der Waals surface area contributed by atoms with Crippen LogP contribution in [0.5, 0.6) is 0 Å². The molecule has 0 saturated heterocycles. The van der Waals surface area contributed by atoms with Crippen molar-refractivity contribution in [3.05, 3.63) is 21.0 Å². The van der Waals surface area contributed by atoms with E-state index in [4.69, 9.17) is 11.5 Å². The largest absolute Gasteiger partial charge is 0.396 e. The van der Waals surface area contributed by atoms with Crippen LogP contribution < -0.4 is 11.5 Å². The lowest BCUT2D eigenvalue weighted by atomic mass is 10.1. The first-order valence-electron chi connectivity index (χ1n) is 3.47. The lowest BCUT2D eigenvalue weighted by Gasteiger charge is -2.08. The standard InChI is InChI=1S/C7H6F2IN3O/c8-5(9)2-1-13-6(10)4(11)3(2)7(12)14/h1,5H,11H2,(H2,12,14). The molecule has 0 aliphatic carbocycles. The minimum absolute atomic E-state index is 0.101. The third-order valence-corrected chi connectivity index (χ3v) is 2.44. The fraction of sp³-hybridized carbons (Fsp3) is 0.143. The van der Waals surface area contributed by atoms with Gasteiger partial charge in [0.2, 0.25) is 0 Å². The normalized spacial score (nSPS) is 10.6. The Morgan fingerprint density at radius 3 is 2.57 bits per heavy atom. The molecule has 14 heavy (non-hydrogen) atoms. The van der Waals surface area contributed by atoms with E-state index in [1.807, 2.05) is 0 Å². The zero-order valence-electron chi connectivity index (χ0n) is 6.80. The number of hydrogen-bond acceptors (Lipinski definition) is 3. The summed E-state index contributed by atoms with van der Waals surface area (Å²) < 4.78 is 25.1. The number of hydrogen-bond donors (Lipinski definition) is 2. The molecule has 7 heteroatoms. The number of nitrogens with two attached hydrogens (primary N) is 2. The Labute approximate surface area is 91.8 Å². The molecule has 0 saturated carbocycles. The maximum Gasteiger partial charge on any atom is 0.266 e. The van der Waals surface area contributed by atoms with E-state index in [0.717, 1.165) is 6.20 Å². The number of pyridine rings is 1. The van der Waals surface area contributed by atoms with Gasteiger partial charge < -0.3 is 11.5 Å². The van der Waals surface area contributed by atoms with Crippen LogP contribution in [0.25, 0.3) is 0 Å². The number of amides is 1. The Kier molecular flexibility index (Phi) is 3.19. The van der Waals surface area contributed by atoms with E-state index in [2.05, 4.69) is 4.98 Å². The highest BCUT2D eigenvalue weighted by Gasteiger charge is 2.21. The van der Waals surface area contributed by atoms with Gasteiger partial charge in [0.25, 0.3) is 12.3 Å². The number of rotatable bonds is 2. The van der Waals surface area contributed by atoms with Gasteiger partial charge in [-0.15, -0.1) is 0 Å². The van der Waals surface area contributed by atoms with Crippen LogP contribution in [-0.2, 0) is 0 Å². The number of nitrogen functional groups attached to an aromatic ring is 1. The van der Waals surface area contributed by atoms with Crippen LogP contribution in [0.1, 0.15) is 22.3 Å². The van der Waals surface area contributed by atoms with Gasteiger partial charge in [-0.1, -0.05) is 0 Å². The molecule has 1 rings (SSSR count). The second-order valence-corrected chi connectivity index (χ2v) is 3.48. The third kappa shape index (κ3) is 1.91. The molecule has 0 spiro atoms. The van der Waals surface area contributed by atoms with Crippen LogP contribution in [0.15, 0.2) is 6.20 Å². The molecule has 76 valence electrons. The summed E-state index contributed by atoms with van der Waals surface area (Å²) in [5, 5.41) is 0. The molecule has 4 N–H and O–H groups in total. The molecule has 0 atom stereocenters. The van der Waals surface area contributed by atoms with Crippen molar-refractivity contribution in [1.29, 1.82) is 0 Å². The van der Waals surface area contributed by atoms with Gasteiger partial charge in [-0.3, -0.25) is 4.79 Å². The molecule has 1 heterocycles. The molecule has 1 aromatic rings. The zero-order chi connectivity index (χ0) is 10.9. The van der Waals surface area contributed by atoms with Crippen LogP contribution in [-0.4, -0.2) is 10.9 Å². The van der Waals surface area contributed by atoms with Gasteiger partial charge in [0.1, 0.15) is 3.70 Å². The maximum atomic E-state index is 12.4. The lowest BCUT2D eigenvalue weighted by molar-refractivity contribution is 0.0986. The van der Waals surface area contributed by atoms with Gasteiger partial charge in [-0.2, -0.15) is 0 Å². The fourth-order valence-electron chi connectivity index (χ4n) is 0.959. The van der Waals surface area contributed by atoms with Crippen molar-refractivity contribution in [3.63, 3.8) is 0 Å². The summed E-state index contributed by atoms with van der Waals surface area (Å²) in [6.07, 6.45) is -1.91. The Balaban J connectivity index is 3.45. The lowest BCUT2D eigenvalue weighted by Crippen LogP contribution is -2.18. The number of alkyl halides is 2. The number of primary amides is 1. The zero-order valence-corrected chi connectivity index (χ0v) is 8.96. The number of aromatic nitrogens is 1. The van der Waals surface area contributed by atoms with Crippen LogP contribution in [0.4, 0.5) is 14.5 Å². The first-order valence-corrected chi connectivity index (χ1v) is 4.54. The average molecular weight is 313 g/mol. The smallest absolute Gasteiger partial charge is 0.266 e. The van der Waals surface area contributed by atoms with Crippen LogP contribution >= 0.6 is 22.6 Å². The predicted molar refractivity (Wildman–Crippen MR) is 54.8 cm³/mol. The van der Waals surface area contributed by atoms with Gasteiger partial charge in [0.15, 0.2) is 0 Å². The van der Waals surface area contributed by atoms with Gasteiger partial charge in [0, 0.05) is 6.20 Å². The van der Waals surface area contributed by atoms with Crippen molar-refractivity contribution in [2.24, 2.45) is 5.73 Å². The van der Waals surface area contributed by atoms with Gasteiger partial charge in [-0.25, -0.2) is 13.8 Å². The van der Waals surface area contributed by atoms with E-state index in [-0.39, 0.29) is 15.0 Å². The molecule has 4 nitrogen and oxygen atoms in total. The molecular weight excluding hydrogens is 307 g/mol. The topological polar surface area (TPSA) is 82.0 Å². The van der Waals surface area contributed by atoms with Crippen molar-refractivity contribution in [3.8, 4) is 0 Å². The Morgan fingerprint density at radius 1 is 1.57 bits per heavy atom. The van der Waals surface area contributed by atoms with Crippen molar-refractivity contribution < 1.29 is 13.6 Å². The molecule has 1 amide bonds. The monoisotopic (exact) mass is 313 g/mol. The molecule has 0 aliphatic rings. The SMILES string of the molecule is NC(=O)c1c(C(F)F)cnc(I)c1N. The van der Waals surface area contributed by atoms with Gasteiger partial charge in [-0.05, 0) is 22.6 Å². The van der Waals surface area contributed by atoms with E-state index >= 15 is 0 Å². The van der Waals surface area contributed by atoms with E-state index in [1.165, 1.54) is 0 Å². The highest BCUT2D eigenvalue weighted by Crippen LogP contribution is 2.28. The summed E-state index contributed by atoms with van der Waals surface area (Å²) in [5.41, 5.74) is 9.38. The maximum absolute atomic E-state index is 12.4. The Bertz CT molecular complexity index is 383. The summed E-state index contributed by atoms with van der Waals surface area (Å²) in [7, 11) is 0. The van der Waals surface area contributed by atoms with E-state index in [0.29, 0.717) is 0 Å². The van der Waals surface area contributed by atoms with E-state index in [1.54, 1.807) is 22.6 Å². The second-order valence-electron chi connectivity index (χ2n) is 2.46. The summed E-state index contributed by atoms with van der Waals surface area (Å²) in [6.45, 7) is 0. The quantitative estimate of drug-likeness (QED) is 0.638. The minimum atomic E-state index is -2.82. The molecule has 0 aromatic carbocycles. The predicted octanol–water partition coefficient (Wildman–Crippen LogP) is 1.30. The number of carbonyl (C=O) groups excluding carboxylic acids is 1. The second kappa shape index (κ2) is 4.03. The average Bonchev–Trinajstić information content (AvgIpc) is 2.08. The number of carbonyl (C=O) groups is 1. The fourth-order valence-corrected chi connectivity index (χ4v) is 1.37. The third-order valence-electron chi connectivity index (χ3n) is 1.58. The number of halogens is 3. The van der Waals surface area contributed by atoms with Crippen molar-refractivity contribution >= 4 is 34.2 Å². The molecule has 0 fully saturated rings. The molecule has 0 radical (unpaired) electrons. The molecule has 0 aliphatic heterocycles. The van der Waals surface area contributed by atoms with Crippen molar-refractivity contribution in [1.82, 2.24) is 4.98 Å². The van der Waals surface area contributed by atoms with E-state index in [9.17, 15) is 13.6 Å². The number of nitrogens with zero attached hydrogens (tertiary/aromatic N) is 1. The summed E-state index contributed by atoms with van der Waals surface area (Å²) in [5.74, 6) is -0.974. The number of anilines is 1. The molecular formula is C7H6F2IN3O. The van der Waals surface area contributed by atoms with Crippen LogP contribution in [0.2, 0.25) is 0 Å². The van der Waals surface area contributed by atoms with E-state index < -0.39 is 17.9 Å². The first kappa shape index (κ1) is 11.1. The van der Waals surface area contributed by atoms with Gasteiger partial charge in [0.05, 0.1) is 16.8 Å². The minimum Gasteiger partial charge on any atom is -0.396 e. The molecule has 0 unspecified atom stereocenters. The molecule has 1 aromatic heterocycles. The highest BCUT2D eigenvalue weighted by molar-refractivity contribution is 14.1. The summed E-state index contributed by atoms with van der Waals surface area (Å²) in [4.78, 5) is 14.5. The summed E-state index contributed by atoms with van der Waals surface area (Å²) in [6, 6.07) is 0. The van der Waals surface area contributed by atoms with Crippen LogP contribution in [0.3, 0.4) is 0 Å². The van der Waals surface area contributed by atoms with Gasteiger partial charge >= 0.3 is 0 Å². The van der Waals surface area contributed by atoms with Crippen LogP contribution in [0, 0.1) is 3.70 Å². The summed E-state index contributed by atoms with van der Waals surface area (Å²) >= 11 is 1.73. The van der Waals surface area contributed by atoms with Crippen molar-refractivity contribution in [2.45, 2.75) is 6.43 Å². The Hall–Kier alpha value is -0.990. The Morgan fingerprint density at radius 2 is 2.14 bits per heavy atom.